The number of halogens is 1. The van der Waals surface area contributed by atoms with E-state index in [4.69, 9.17) is 5.73 Å². The van der Waals surface area contributed by atoms with Gasteiger partial charge in [0, 0.05) is 25.7 Å². The zero-order chi connectivity index (χ0) is 16.1. The Balaban J connectivity index is 1.69. The molecule has 1 fully saturated rings. The second-order valence-electron chi connectivity index (χ2n) is 6.49. The largest absolute Gasteiger partial charge is 0.355 e. The summed E-state index contributed by atoms with van der Waals surface area (Å²) in [7, 11) is 0. The second-order valence-corrected chi connectivity index (χ2v) is 6.49. The molecule has 0 radical (unpaired) electrons. The van der Waals surface area contributed by atoms with Crippen LogP contribution in [0.25, 0.3) is 0 Å². The molecule has 2 atom stereocenters. The highest BCUT2D eigenvalue weighted by Crippen LogP contribution is 2.22. The Kier molecular flexibility index (Phi) is 5.91. The topological polar surface area (TPSA) is 58.4 Å². The van der Waals surface area contributed by atoms with E-state index < -0.39 is 0 Å². The summed E-state index contributed by atoms with van der Waals surface area (Å²) in [4.78, 5) is 14.1. The smallest absolute Gasteiger partial charge is 0.234 e. The lowest BCUT2D eigenvalue weighted by Crippen LogP contribution is -2.38. The highest BCUT2D eigenvalue weighted by Gasteiger charge is 2.32. The van der Waals surface area contributed by atoms with Crippen molar-refractivity contribution in [2.24, 2.45) is 17.6 Å². The predicted octanol–water partition coefficient (Wildman–Crippen LogP) is 1.40. The molecule has 1 aliphatic rings. The van der Waals surface area contributed by atoms with Crippen LogP contribution in [0.4, 0.5) is 4.39 Å². The Hall–Kier alpha value is -1.46. The molecular weight excluding hydrogens is 281 g/mol. The molecule has 122 valence electrons. The van der Waals surface area contributed by atoms with Crippen LogP contribution in [0.15, 0.2) is 24.3 Å². The fraction of sp³-hybridized carbons (Fsp3) is 0.588. The third kappa shape index (κ3) is 4.78. The van der Waals surface area contributed by atoms with Crippen LogP contribution in [0, 0.1) is 17.7 Å². The van der Waals surface area contributed by atoms with Gasteiger partial charge in [0.1, 0.15) is 5.82 Å². The van der Waals surface area contributed by atoms with Gasteiger partial charge >= 0.3 is 0 Å². The van der Waals surface area contributed by atoms with E-state index in [2.05, 4.69) is 24.1 Å². The Labute approximate surface area is 131 Å². The maximum atomic E-state index is 12.8. The third-order valence-corrected chi connectivity index (χ3v) is 4.36. The number of amides is 1. The first-order chi connectivity index (χ1) is 10.5. The number of nitrogens with one attached hydrogen (secondary N) is 1. The molecule has 1 aromatic rings. The van der Waals surface area contributed by atoms with Crippen molar-refractivity contribution < 1.29 is 9.18 Å². The van der Waals surface area contributed by atoms with Gasteiger partial charge in [-0.15, -0.1) is 0 Å². The van der Waals surface area contributed by atoms with Gasteiger partial charge in [-0.3, -0.25) is 9.69 Å². The zero-order valence-corrected chi connectivity index (χ0v) is 13.4. The van der Waals surface area contributed by atoms with Crippen LogP contribution >= 0.6 is 0 Å². The van der Waals surface area contributed by atoms with Crippen molar-refractivity contribution in [3.05, 3.63) is 35.6 Å². The summed E-state index contributed by atoms with van der Waals surface area (Å²) < 4.78 is 12.8. The summed E-state index contributed by atoms with van der Waals surface area (Å²) in [6, 6.07) is 6.53. The van der Waals surface area contributed by atoms with Crippen molar-refractivity contribution in [1.82, 2.24) is 10.2 Å². The summed E-state index contributed by atoms with van der Waals surface area (Å²) in [6.45, 7) is 7.00. The van der Waals surface area contributed by atoms with Gasteiger partial charge in [-0.05, 0) is 36.0 Å². The summed E-state index contributed by atoms with van der Waals surface area (Å²) in [5.41, 5.74) is 7.15. The van der Waals surface area contributed by atoms with E-state index in [1.54, 1.807) is 12.1 Å². The third-order valence-electron chi connectivity index (χ3n) is 4.36. The summed E-state index contributed by atoms with van der Waals surface area (Å²) >= 11 is 0. The number of carbonyl (C=O) groups excluding carboxylic acids is 1. The number of benzene rings is 1. The fourth-order valence-electron chi connectivity index (χ4n) is 3.03. The minimum Gasteiger partial charge on any atom is -0.355 e. The molecule has 5 heteroatoms. The average molecular weight is 307 g/mol. The van der Waals surface area contributed by atoms with Crippen molar-refractivity contribution in [2.75, 3.05) is 26.2 Å². The molecule has 0 unspecified atom stereocenters. The predicted molar refractivity (Wildman–Crippen MR) is 85.9 cm³/mol. The maximum Gasteiger partial charge on any atom is 0.234 e. The van der Waals surface area contributed by atoms with Crippen molar-refractivity contribution in [2.45, 2.75) is 26.3 Å². The van der Waals surface area contributed by atoms with Crippen LogP contribution in [0.2, 0.25) is 0 Å². The van der Waals surface area contributed by atoms with Crippen molar-refractivity contribution in [1.29, 1.82) is 0 Å². The second kappa shape index (κ2) is 7.70. The van der Waals surface area contributed by atoms with Crippen molar-refractivity contribution >= 4 is 5.91 Å². The summed E-state index contributed by atoms with van der Waals surface area (Å²) in [5, 5.41) is 2.92. The molecule has 0 aromatic heterocycles. The number of hydrogen-bond acceptors (Lipinski definition) is 3. The molecule has 22 heavy (non-hydrogen) atoms. The molecule has 1 aliphatic heterocycles. The minimum absolute atomic E-state index is 0.0266. The molecule has 1 heterocycles. The molecular formula is C17H26FN3O. The van der Waals surface area contributed by atoms with Gasteiger partial charge in [0.25, 0.3) is 0 Å². The van der Waals surface area contributed by atoms with Crippen LogP contribution in [0.1, 0.15) is 19.4 Å². The number of carbonyl (C=O) groups is 1. The number of nitrogens with two attached hydrogens (primary N) is 1. The molecule has 0 spiro atoms. The van der Waals surface area contributed by atoms with Gasteiger partial charge in [-0.1, -0.05) is 26.0 Å². The van der Waals surface area contributed by atoms with Crippen LogP contribution in [0.5, 0.6) is 0 Å². The average Bonchev–Trinajstić information content (AvgIpc) is 2.82. The quantitative estimate of drug-likeness (QED) is 0.835. The van der Waals surface area contributed by atoms with E-state index in [9.17, 15) is 9.18 Å². The van der Waals surface area contributed by atoms with E-state index in [1.807, 2.05) is 0 Å². The molecule has 0 saturated carbocycles. The Morgan fingerprint density at radius 1 is 1.36 bits per heavy atom. The summed E-state index contributed by atoms with van der Waals surface area (Å²) in [6.07, 6.45) is 0.708. The normalized spacial score (nSPS) is 22.2. The number of rotatable bonds is 6. The van der Waals surface area contributed by atoms with E-state index in [0.717, 1.165) is 18.7 Å². The molecule has 0 bridgehead atoms. The molecule has 3 N–H and O–H groups in total. The van der Waals surface area contributed by atoms with Crippen molar-refractivity contribution in [3.8, 4) is 0 Å². The van der Waals surface area contributed by atoms with Crippen LogP contribution in [-0.2, 0) is 11.2 Å². The molecule has 1 saturated heterocycles. The van der Waals surface area contributed by atoms with Crippen LogP contribution < -0.4 is 11.1 Å². The van der Waals surface area contributed by atoms with E-state index >= 15 is 0 Å². The highest BCUT2D eigenvalue weighted by molar-refractivity contribution is 5.78. The Morgan fingerprint density at radius 2 is 2.05 bits per heavy atom. The lowest BCUT2D eigenvalue weighted by molar-refractivity contribution is -0.122. The molecule has 1 aromatic carbocycles. The lowest BCUT2D eigenvalue weighted by atomic mass is 9.92. The van der Waals surface area contributed by atoms with Crippen LogP contribution in [0.3, 0.4) is 0 Å². The maximum absolute atomic E-state index is 12.8. The van der Waals surface area contributed by atoms with Gasteiger partial charge in [-0.25, -0.2) is 4.39 Å². The first-order valence-corrected chi connectivity index (χ1v) is 7.95. The molecule has 2 rings (SSSR count). The standard InChI is InChI=1S/C17H26FN3O/c1-12(2)15-9-21(10-16(15)19)11-17(22)20-8-7-13-3-5-14(18)6-4-13/h3-6,12,15-16H,7-11,19H2,1-2H3,(H,20,22)/t15-,16+/m1/s1. The van der Waals surface area contributed by atoms with Gasteiger partial charge in [0.2, 0.25) is 5.91 Å². The first kappa shape index (κ1) is 16.9. The van der Waals surface area contributed by atoms with E-state index in [1.165, 1.54) is 12.1 Å². The van der Waals surface area contributed by atoms with Gasteiger partial charge in [0.05, 0.1) is 6.54 Å². The van der Waals surface area contributed by atoms with Gasteiger partial charge in [0.15, 0.2) is 0 Å². The number of hydrogen-bond donors (Lipinski definition) is 2. The number of likely N-dealkylation sites (tertiary alicyclic amines) is 1. The SMILES string of the molecule is CC(C)[C@H]1CN(CC(=O)NCCc2ccc(F)cc2)C[C@@H]1N. The molecule has 0 aliphatic carbocycles. The van der Waals surface area contributed by atoms with E-state index in [0.29, 0.717) is 31.3 Å². The van der Waals surface area contributed by atoms with Crippen LogP contribution in [-0.4, -0.2) is 43.0 Å². The monoisotopic (exact) mass is 307 g/mol. The highest BCUT2D eigenvalue weighted by atomic mass is 19.1. The van der Waals surface area contributed by atoms with Crippen molar-refractivity contribution in [3.63, 3.8) is 0 Å². The van der Waals surface area contributed by atoms with E-state index in [-0.39, 0.29) is 17.8 Å². The first-order valence-electron chi connectivity index (χ1n) is 7.95. The van der Waals surface area contributed by atoms with Gasteiger partial charge in [-0.2, -0.15) is 0 Å². The Morgan fingerprint density at radius 3 is 2.64 bits per heavy atom. The number of nitrogens with zero attached hydrogens (tertiary/aromatic N) is 1. The molecule has 1 amide bonds. The lowest BCUT2D eigenvalue weighted by Gasteiger charge is -2.18. The fourth-order valence-corrected chi connectivity index (χ4v) is 3.03. The summed E-state index contributed by atoms with van der Waals surface area (Å²) in [5.74, 6) is 0.796. The zero-order valence-electron chi connectivity index (χ0n) is 13.4. The Bertz CT molecular complexity index is 489. The molecule has 4 nitrogen and oxygen atoms in total. The minimum atomic E-state index is -0.238. The van der Waals surface area contributed by atoms with Gasteiger partial charge < -0.3 is 11.1 Å².